The van der Waals surface area contributed by atoms with Gasteiger partial charge in [0.05, 0.1) is 5.69 Å². The summed E-state index contributed by atoms with van der Waals surface area (Å²) >= 11 is 1.72. The predicted octanol–water partition coefficient (Wildman–Crippen LogP) is 2.81. The van der Waals surface area contributed by atoms with Crippen LogP contribution in [-0.4, -0.2) is 30.0 Å². The Morgan fingerprint density at radius 3 is 2.71 bits per heavy atom. The van der Waals surface area contributed by atoms with Gasteiger partial charge < -0.3 is 10.2 Å². The third kappa shape index (κ3) is 3.95. The Balaban J connectivity index is 1.55. The van der Waals surface area contributed by atoms with E-state index in [0.29, 0.717) is 0 Å². The molecule has 1 aliphatic heterocycles. The lowest BCUT2D eigenvalue weighted by molar-refractivity contribution is -0.116. The van der Waals surface area contributed by atoms with Crippen LogP contribution in [0.25, 0.3) is 0 Å². The van der Waals surface area contributed by atoms with Crippen LogP contribution in [0.3, 0.4) is 0 Å². The van der Waals surface area contributed by atoms with Crippen LogP contribution in [0.1, 0.15) is 28.1 Å². The summed E-state index contributed by atoms with van der Waals surface area (Å²) in [6.45, 7) is 7.87. The molecule has 2 heterocycles. The average molecular weight is 339 g/mol. The van der Waals surface area contributed by atoms with E-state index in [1.165, 1.54) is 10.4 Å². The number of hydrogen-bond acceptors (Lipinski definition) is 4. The number of carbonyl (C=O) groups excluding carboxylic acids is 1. The molecule has 0 spiro atoms. The minimum atomic E-state index is -0.214. The van der Waals surface area contributed by atoms with Gasteiger partial charge in [-0.3, -0.25) is 4.79 Å². The summed E-state index contributed by atoms with van der Waals surface area (Å²) in [5, 5.41) is 4.05. The quantitative estimate of drug-likeness (QED) is 0.856. The molecule has 1 N–H and O–H groups in total. The Morgan fingerprint density at radius 2 is 2.04 bits per heavy atom. The second-order valence-corrected chi connectivity index (χ2v) is 7.34. The van der Waals surface area contributed by atoms with E-state index in [0.717, 1.165) is 35.9 Å². The number of nitrogens with one attached hydrogen (secondary N) is 1. The molecule has 0 radical (unpaired) electrons. The molecule has 4 nitrogen and oxygen atoms in total. The summed E-state index contributed by atoms with van der Waals surface area (Å²) in [7, 11) is 0. The summed E-state index contributed by atoms with van der Waals surface area (Å²) in [4.78, 5) is 20.1. The molecular weight excluding hydrogens is 318 g/mol. The van der Waals surface area contributed by atoms with Gasteiger partial charge in [-0.2, -0.15) is 0 Å². The van der Waals surface area contributed by atoms with E-state index in [-0.39, 0.29) is 11.9 Å². The van der Waals surface area contributed by atoms with Crippen LogP contribution in [0.5, 0.6) is 0 Å². The maximum Gasteiger partial charge on any atom is 0.296 e. The minimum Gasteiger partial charge on any atom is -0.346 e. The van der Waals surface area contributed by atoms with E-state index in [9.17, 15) is 4.79 Å². The van der Waals surface area contributed by atoms with Gasteiger partial charge in [-0.1, -0.05) is 23.6 Å². The van der Waals surface area contributed by atoms with Crippen molar-refractivity contribution >= 4 is 22.4 Å². The van der Waals surface area contributed by atoms with Gasteiger partial charge in [0.25, 0.3) is 5.91 Å². The van der Waals surface area contributed by atoms with E-state index < -0.39 is 0 Å². The zero-order chi connectivity index (χ0) is 17.1. The number of amides is 1. The van der Waals surface area contributed by atoms with Gasteiger partial charge in [0, 0.05) is 35.5 Å². The molecule has 1 atom stereocenters. The average Bonchev–Trinajstić information content (AvgIpc) is 3.14. The van der Waals surface area contributed by atoms with Crippen molar-refractivity contribution in [2.45, 2.75) is 33.2 Å². The molecule has 1 fully saturated rings. The van der Waals surface area contributed by atoms with Crippen molar-refractivity contribution in [2.75, 3.05) is 18.0 Å². The van der Waals surface area contributed by atoms with E-state index in [1.54, 1.807) is 11.3 Å². The second kappa shape index (κ2) is 7.06. The van der Waals surface area contributed by atoms with E-state index >= 15 is 0 Å². The first-order valence-electron chi connectivity index (χ1n) is 8.09. The maximum absolute atomic E-state index is 12.0. The minimum absolute atomic E-state index is 0.134. The summed E-state index contributed by atoms with van der Waals surface area (Å²) in [6, 6.07) is 7.98. The maximum atomic E-state index is 12.0. The highest BCUT2D eigenvalue weighted by atomic mass is 32.1. The van der Waals surface area contributed by atoms with Gasteiger partial charge in [-0.05, 0) is 39.3 Å². The smallest absolute Gasteiger partial charge is 0.296 e. The highest BCUT2D eigenvalue weighted by molar-refractivity contribution is 7.15. The number of nitrogens with zero attached hydrogens (tertiary/aromatic N) is 2. The lowest BCUT2D eigenvalue weighted by atomic mass is 10.1. The molecule has 1 amide bonds. The summed E-state index contributed by atoms with van der Waals surface area (Å²) in [5.74, 6) is 5.38. The molecule has 1 unspecified atom stereocenters. The van der Waals surface area contributed by atoms with Crippen molar-refractivity contribution in [3.8, 4) is 11.8 Å². The van der Waals surface area contributed by atoms with Crippen LogP contribution in [0.15, 0.2) is 24.3 Å². The van der Waals surface area contributed by atoms with Crippen LogP contribution >= 0.6 is 11.3 Å². The highest BCUT2D eigenvalue weighted by Crippen LogP contribution is 2.27. The molecule has 0 aliphatic carbocycles. The Kier molecular flexibility index (Phi) is 4.86. The fraction of sp³-hybridized carbons (Fsp3) is 0.368. The number of aromatic nitrogens is 1. The monoisotopic (exact) mass is 339 g/mol. The normalized spacial score (nSPS) is 16.6. The topological polar surface area (TPSA) is 45.2 Å². The van der Waals surface area contributed by atoms with Gasteiger partial charge in [0.2, 0.25) is 0 Å². The largest absolute Gasteiger partial charge is 0.346 e. The first-order valence-corrected chi connectivity index (χ1v) is 8.91. The molecule has 3 rings (SSSR count). The standard InChI is InChI=1S/C19H21N3OS/c1-13-4-6-16(7-5-13)8-9-18(23)21-17-10-11-22(12-17)19-20-14(2)15(3)24-19/h4-7,17H,10-12H2,1-3H3,(H,21,23). The second-order valence-electron chi connectivity index (χ2n) is 6.16. The van der Waals surface area contributed by atoms with Crippen LogP contribution in [0.2, 0.25) is 0 Å². The molecule has 1 aromatic heterocycles. The van der Waals surface area contributed by atoms with Crippen molar-refractivity contribution in [3.05, 3.63) is 46.0 Å². The number of anilines is 1. The summed E-state index contributed by atoms with van der Waals surface area (Å²) < 4.78 is 0. The Morgan fingerprint density at radius 1 is 1.29 bits per heavy atom. The van der Waals surface area contributed by atoms with Gasteiger partial charge >= 0.3 is 0 Å². The van der Waals surface area contributed by atoms with Crippen molar-refractivity contribution in [3.63, 3.8) is 0 Å². The van der Waals surface area contributed by atoms with Crippen molar-refractivity contribution in [1.29, 1.82) is 0 Å². The van der Waals surface area contributed by atoms with Crippen LogP contribution in [-0.2, 0) is 4.79 Å². The Bertz CT molecular complexity index is 779. The molecule has 124 valence electrons. The molecule has 2 aromatic rings. The lowest BCUT2D eigenvalue weighted by Gasteiger charge is -2.14. The predicted molar refractivity (Wildman–Crippen MR) is 98.4 cm³/mol. The van der Waals surface area contributed by atoms with Gasteiger partial charge in [-0.25, -0.2) is 4.98 Å². The third-order valence-electron chi connectivity index (χ3n) is 4.18. The first kappa shape index (κ1) is 16.5. The molecule has 1 saturated heterocycles. The number of rotatable bonds is 2. The summed E-state index contributed by atoms with van der Waals surface area (Å²) in [6.07, 6.45) is 0.926. The highest BCUT2D eigenvalue weighted by Gasteiger charge is 2.25. The number of benzene rings is 1. The summed E-state index contributed by atoms with van der Waals surface area (Å²) in [5.41, 5.74) is 3.13. The molecule has 0 saturated carbocycles. The van der Waals surface area contributed by atoms with Crippen molar-refractivity contribution in [2.24, 2.45) is 0 Å². The van der Waals surface area contributed by atoms with Crippen molar-refractivity contribution in [1.82, 2.24) is 10.3 Å². The van der Waals surface area contributed by atoms with E-state index in [4.69, 9.17) is 0 Å². The number of aryl methyl sites for hydroxylation is 3. The fourth-order valence-electron chi connectivity index (χ4n) is 2.63. The van der Waals surface area contributed by atoms with E-state index in [1.807, 2.05) is 38.1 Å². The number of hydrogen-bond donors (Lipinski definition) is 1. The zero-order valence-electron chi connectivity index (χ0n) is 14.2. The molecule has 1 aliphatic rings. The van der Waals surface area contributed by atoms with Gasteiger partial charge in [-0.15, -0.1) is 11.3 Å². The first-order chi connectivity index (χ1) is 11.5. The van der Waals surface area contributed by atoms with Crippen LogP contribution in [0.4, 0.5) is 5.13 Å². The number of carbonyl (C=O) groups is 1. The van der Waals surface area contributed by atoms with Crippen LogP contribution < -0.4 is 10.2 Å². The third-order valence-corrected chi connectivity index (χ3v) is 5.32. The Labute approximate surface area is 146 Å². The lowest BCUT2D eigenvalue weighted by Crippen LogP contribution is -2.36. The molecule has 1 aromatic carbocycles. The zero-order valence-corrected chi connectivity index (χ0v) is 15.0. The van der Waals surface area contributed by atoms with Crippen LogP contribution in [0, 0.1) is 32.6 Å². The molecule has 5 heteroatoms. The fourth-order valence-corrected chi connectivity index (χ4v) is 3.57. The molecule has 24 heavy (non-hydrogen) atoms. The SMILES string of the molecule is Cc1ccc(C#CC(=O)NC2CCN(c3nc(C)c(C)s3)C2)cc1. The van der Waals surface area contributed by atoms with Gasteiger partial charge in [0.15, 0.2) is 5.13 Å². The van der Waals surface area contributed by atoms with E-state index in [2.05, 4.69) is 34.0 Å². The molecular formula is C19H21N3OS. The van der Waals surface area contributed by atoms with Crippen molar-refractivity contribution < 1.29 is 4.79 Å². The van der Waals surface area contributed by atoms with Gasteiger partial charge in [0.1, 0.15) is 0 Å². The molecule has 0 bridgehead atoms. The number of thiazole rings is 1. The Hall–Kier alpha value is -2.32.